The molecule has 1 aromatic rings. The molecule has 0 radical (unpaired) electrons. The molecular weight excluding hydrogens is 228 g/mol. The Morgan fingerprint density at radius 2 is 2.25 bits per heavy atom. The van der Waals surface area contributed by atoms with Gasteiger partial charge in [-0.15, -0.1) is 0 Å². The molecule has 1 amide bonds. The smallest absolute Gasteiger partial charge is 0.413 e. The zero-order valence-corrected chi connectivity index (χ0v) is 9.71. The molecule has 4 nitrogen and oxygen atoms in total. The Balaban J connectivity index is 2.63. The highest BCUT2D eigenvalue weighted by molar-refractivity contribution is 6.30. The number of carbonyl (C=O) groups is 1. The molecule has 5 heteroatoms. The van der Waals surface area contributed by atoms with E-state index in [2.05, 4.69) is 5.32 Å². The summed E-state index contributed by atoms with van der Waals surface area (Å²) in [5.41, 5.74) is -0.630. The van der Waals surface area contributed by atoms with Crippen LogP contribution in [-0.4, -0.2) is 11.7 Å². The lowest BCUT2D eigenvalue weighted by Gasteiger charge is -2.16. The number of anilines is 1. The van der Waals surface area contributed by atoms with Crippen LogP contribution in [0.3, 0.4) is 0 Å². The van der Waals surface area contributed by atoms with Crippen LogP contribution in [0.15, 0.2) is 24.3 Å². The van der Waals surface area contributed by atoms with Gasteiger partial charge in [-0.2, -0.15) is 5.26 Å². The first kappa shape index (κ1) is 12.3. The number of carbonyl (C=O) groups excluding carboxylic acids is 1. The summed E-state index contributed by atoms with van der Waals surface area (Å²) in [7, 11) is 0. The molecule has 0 aliphatic carbocycles. The minimum absolute atomic E-state index is 0.511. The maximum Gasteiger partial charge on any atom is 0.413 e. The highest BCUT2D eigenvalue weighted by Gasteiger charge is 2.21. The third-order valence-corrected chi connectivity index (χ3v) is 1.92. The monoisotopic (exact) mass is 238 g/mol. The Kier molecular flexibility index (Phi) is 3.75. The van der Waals surface area contributed by atoms with Gasteiger partial charge in [-0.3, -0.25) is 5.32 Å². The van der Waals surface area contributed by atoms with E-state index in [1.54, 1.807) is 24.3 Å². The summed E-state index contributed by atoms with van der Waals surface area (Å²) in [5, 5.41) is 11.7. The normalized spacial score (nSPS) is 10.4. The predicted molar refractivity (Wildman–Crippen MR) is 61.2 cm³/mol. The molecule has 0 unspecified atom stereocenters. The Bertz CT molecular complexity index is 438. The molecule has 0 atom stereocenters. The second kappa shape index (κ2) is 4.86. The minimum atomic E-state index is -1.15. The highest BCUT2D eigenvalue weighted by Crippen LogP contribution is 2.16. The number of amides is 1. The van der Waals surface area contributed by atoms with E-state index in [0.29, 0.717) is 10.7 Å². The van der Waals surface area contributed by atoms with E-state index in [-0.39, 0.29) is 0 Å². The van der Waals surface area contributed by atoms with Crippen LogP contribution in [0.1, 0.15) is 13.8 Å². The molecule has 0 saturated carbocycles. The number of hydrogen-bond donors (Lipinski definition) is 1. The number of nitriles is 1. The van der Waals surface area contributed by atoms with Crippen molar-refractivity contribution in [1.29, 1.82) is 5.26 Å². The molecule has 1 aromatic carbocycles. The van der Waals surface area contributed by atoms with Crippen LogP contribution in [0.4, 0.5) is 10.5 Å². The van der Waals surface area contributed by atoms with Gasteiger partial charge in [0.25, 0.3) is 0 Å². The Morgan fingerprint density at radius 1 is 1.56 bits per heavy atom. The van der Waals surface area contributed by atoms with Crippen molar-refractivity contribution in [2.75, 3.05) is 5.32 Å². The molecule has 0 aliphatic heterocycles. The van der Waals surface area contributed by atoms with Gasteiger partial charge in [0.1, 0.15) is 6.07 Å². The summed E-state index contributed by atoms with van der Waals surface area (Å²) in [6, 6.07) is 8.51. The van der Waals surface area contributed by atoms with Gasteiger partial charge in [-0.1, -0.05) is 17.7 Å². The van der Waals surface area contributed by atoms with E-state index in [1.807, 2.05) is 6.07 Å². The van der Waals surface area contributed by atoms with Crippen molar-refractivity contribution in [2.45, 2.75) is 19.4 Å². The van der Waals surface area contributed by atoms with Crippen LogP contribution in [0, 0.1) is 11.3 Å². The molecule has 0 bridgehead atoms. The number of hydrogen-bond acceptors (Lipinski definition) is 3. The largest absolute Gasteiger partial charge is 0.428 e. The quantitative estimate of drug-likeness (QED) is 0.861. The van der Waals surface area contributed by atoms with Crippen molar-refractivity contribution < 1.29 is 9.53 Å². The lowest BCUT2D eigenvalue weighted by molar-refractivity contribution is 0.0890. The minimum Gasteiger partial charge on any atom is -0.428 e. The van der Waals surface area contributed by atoms with E-state index in [0.717, 1.165) is 0 Å². The molecule has 0 saturated heterocycles. The molecular formula is C11H11ClN2O2. The SMILES string of the molecule is CC(C)(C#N)OC(=O)Nc1cccc(Cl)c1. The van der Waals surface area contributed by atoms with Crippen molar-refractivity contribution in [3.8, 4) is 6.07 Å². The molecule has 16 heavy (non-hydrogen) atoms. The summed E-state index contributed by atoms with van der Waals surface area (Å²) < 4.78 is 4.88. The lowest BCUT2D eigenvalue weighted by Crippen LogP contribution is -2.28. The van der Waals surface area contributed by atoms with Gasteiger partial charge in [-0.05, 0) is 32.0 Å². The van der Waals surface area contributed by atoms with Crippen molar-refractivity contribution >= 4 is 23.4 Å². The predicted octanol–water partition coefficient (Wildman–Crippen LogP) is 3.19. The number of benzene rings is 1. The summed E-state index contributed by atoms with van der Waals surface area (Å²) in [6.07, 6.45) is -0.686. The van der Waals surface area contributed by atoms with Gasteiger partial charge in [0.2, 0.25) is 0 Å². The molecule has 0 aromatic heterocycles. The first-order chi connectivity index (χ1) is 7.43. The van der Waals surface area contributed by atoms with Gasteiger partial charge in [0.15, 0.2) is 5.60 Å². The van der Waals surface area contributed by atoms with Crippen LogP contribution in [0.5, 0.6) is 0 Å². The topological polar surface area (TPSA) is 62.1 Å². The van der Waals surface area contributed by atoms with Crippen molar-refractivity contribution in [1.82, 2.24) is 0 Å². The molecule has 0 aliphatic rings. The van der Waals surface area contributed by atoms with E-state index in [9.17, 15) is 4.79 Å². The average molecular weight is 239 g/mol. The second-order valence-corrected chi connectivity index (χ2v) is 4.08. The molecule has 1 rings (SSSR count). The van der Waals surface area contributed by atoms with E-state index in [4.69, 9.17) is 21.6 Å². The van der Waals surface area contributed by atoms with E-state index < -0.39 is 11.7 Å². The number of nitrogens with one attached hydrogen (secondary N) is 1. The second-order valence-electron chi connectivity index (χ2n) is 3.65. The number of rotatable bonds is 2. The van der Waals surface area contributed by atoms with Crippen LogP contribution in [0.25, 0.3) is 0 Å². The van der Waals surface area contributed by atoms with Crippen LogP contribution < -0.4 is 5.32 Å². The van der Waals surface area contributed by atoms with E-state index >= 15 is 0 Å². The Hall–Kier alpha value is -1.73. The van der Waals surface area contributed by atoms with Crippen molar-refractivity contribution in [3.05, 3.63) is 29.3 Å². The number of nitrogens with zero attached hydrogens (tertiary/aromatic N) is 1. The zero-order chi connectivity index (χ0) is 12.2. The van der Waals surface area contributed by atoms with Crippen LogP contribution in [-0.2, 0) is 4.74 Å². The van der Waals surface area contributed by atoms with Gasteiger partial charge < -0.3 is 4.74 Å². The first-order valence-electron chi connectivity index (χ1n) is 4.60. The molecule has 1 N–H and O–H groups in total. The standard InChI is InChI=1S/C11H11ClN2O2/c1-11(2,7-13)16-10(15)14-9-5-3-4-8(12)6-9/h3-6H,1-2H3,(H,14,15). The molecule has 0 fully saturated rings. The molecule has 84 valence electrons. The third-order valence-electron chi connectivity index (χ3n) is 1.69. The Labute approximate surface area is 98.8 Å². The van der Waals surface area contributed by atoms with Crippen LogP contribution >= 0.6 is 11.6 Å². The number of ether oxygens (including phenoxy) is 1. The Morgan fingerprint density at radius 3 is 2.81 bits per heavy atom. The number of halogens is 1. The van der Waals surface area contributed by atoms with Gasteiger partial charge in [-0.25, -0.2) is 4.79 Å². The maximum atomic E-state index is 11.4. The fourth-order valence-corrected chi connectivity index (χ4v) is 1.15. The van der Waals surface area contributed by atoms with Gasteiger partial charge >= 0.3 is 6.09 Å². The summed E-state index contributed by atoms with van der Waals surface area (Å²) in [4.78, 5) is 11.4. The molecule has 0 spiro atoms. The maximum absolute atomic E-state index is 11.4. The van der Waals surface area contributed by atoms with E-state index in [1.165, 1.54) is 13.8 Å². The van der Waals surface area contributed by atoms with Gasteiger partial charge in [0.05, 0.1) is 0 Å². The summed E-state index contributed by atoms with van der Waals surface area (Å²) in [6.45, 7) is 3.01. The third kappa shape index (κ3) is 3.79. The molecule has 0 heterocycles. The van der Waals surface area contributed by atoms with Crippen molar-refractivity contribution in [2.24, 2.45) is 0 Å². The fraction of sp³-hybridized carbons (Fsp3) is 0.273. The van der Waals surface area contributed by atoms with Crippen molar-refractivity contribution in [3.63, 3.8) is 0 Å². The first-order valence-corrected chi connectivity index (χ1v) is 4.97. The fourth-order valence-electron chi connectivity index (χ4n) is 0.964. The average Bonchev–Trinajstić information content (AvgIpc) is 2.16. The van der Waals surface area contributed by atoms with Gasteiger partial charge in [0, 0.05) is 10.7 Å². The summed E-state index contributed by atoms with van der Waals surface area (Å²) >= 11 is 5.74. The lowest BCUT2D eigenvalue weighted by atomic mass is 10.2. The zero-order valence-electron chi connectivity index (χ0n) is 8.95. The summed E-state index contributed by atoms with van der Waals surface area (Å²) in [5.74, 6) is 0. The van der Waals surface area contributed by atoms with Crippen LogP contribution in [0.2, 0.25) is 5.02 Å². The highest BCUT2D eigenvalue weighted by atomic mass is 35.5.